The van der Waals surface area contributed by atoms with Gasteiger partial charge in [0.1, 0.15) is 28.1 Å². The summed E-state index contributed by atoms with van der Waals surface area (Å²) in [5, 5.41) is 12.4. The Morgan fingerprint density at radius 2 is 1.74 bits per heavy atom. The van der Waals surface area contributed by atoms with Crippen molar-refractivity contribution in [2.24, 2.45) is 5.73 Å². The van der Waals surface area contributed by atoms with Gasteiger partial charge in [-0.25, -0.2) is 9.69 Å². The van der Waals surface area contributed by atoms with E-state index in [9.17, 15) is 19.5 Å². The van der Waals surface area contributed by atoms with E-state index in [-0.39, 0.29) is 25.1 Å². The minimum absolute atomic E-state index is 0.0293. The molecule has 2 aromatic carbocycles. The minimum Gasteiger partial charge on any atom is -0.508 e. The summed E-state index contributed by atoms with van der Waals surface area (Å²) in [6.45, 7) is 5.09. The molecule has 3 atom stereocenters. The van der Waals surface area contributed by atoms with E-state index in [1.165, 1.54) is 12.1 Å². The first-order valence-corrected chi connectivity index (χ1v) is 12.9. The van der Waals surface area contributed by atoms with E-state index in [1.807, 2.05) is 30.3 Å². The number of nitrogens with two attached hydrogens (primary N) is 1. The fraction of sp³-hybridized carbons (Fsp3) is 0.370. The second kappa shape index (κ2) is 12.9. The van der Waals surface area contributed by atoms with Crippen molar-refractivity contribution in [2.75, 3.05) is 6.54 Å². The molecule has 3 amide bonds. The van der Waals surface area contributed by atoms with Crippen molar-refractivity contribution in [1.29, 1.82) is 0 Å². The normalized spacial score (nSPS) is 16.6. The molecule has 0 radical (unpaired) electrons. The number of carbonyl (C=O) groups is 3. The number of rotatable bonds is 9. The summed E-state index contributed by atoms with van der Waals surface area (Å²) in [6.07, 6.45) is 0.410. The number of ether oxygens (including phenoxy) is 1. The van der Waals surface area contributed by atoms with Crippen molar-refractivity contribution in [3.8, 4) is 5.75 Å². The number of aromatic hydroxyl groups is 1. The Morgan fingerprint density at radius 1 is 1.11 bits per heavy atom. The maximum Gasteiger partial charge on any atom is 0.417 e. The van der Waals surface area contributed by atoms with Gasteiger partial charge in [-0.1, -0.05) is 42.5 Å². The highest BCUT2D eigenvalue weighted by molar-refractivity contribution is 9.11. The monoisotopic (exact) mass is 588 g/mol. The summed E-state index contributed by atoms with van der Waals surface area (Å²) in [7, 11) is 0. The fourth-order valence-corrected chi connectivity index (χ4v) is 4.14. The number of hydrogen-bond donors (Lipinski definition) is 4. The molecule has 1 aliphatic heterocycles. The number of phenolic OH excluding ortho intramolecular Hbond substituents is 1. The van der Waals surface area contributed by atoms with Gasteiger partial charge in [-0.15, -0.1) is 0 Å². The van der Waals surface area contributed by atoms with Crippen LogP contribution in [-0.4, -0.2) is 58.2 Å². The Bertz CT molecular complexity index is 1150. The van der Waals surface area contributed by atoms with E-state index < -0.39 is 41.7 Å². The van der Waals surface area contributed by atoms with Gasteiger partial charge in [-0.2, -0.15) is 0 Å². The lowest BCUT2D eigenvalue weighted by atomic mass is 10.0. The molecule has 11 heteroatoms. The zero-order valence-corrected chi connectivity index (χ0v) is 23.1. The van der Waals surface area contributed by atoms with Crippen molar-refractivity contribution in [3.63, 3.8) is 0 Å². The van der Waals surface area contributed by atoms with Crippen molar-refractivity contribution >= 4 is 33.8 Å². The molecule has 204 valence electrons. The van der Waals surface area contributed by atoms with Crippen LogP contribution in [0.2, 0.25) is 0 Å². The lowest BCUT2D eigenvalue weighted by molar-refractivity contribution is -0.140. The van der Waals surface area contributed by atoms with Gasteiger partial charge in [0, 0.05) is 6.42 Å². The van der Waals surface area contributed by atoms with Crippen LogP contribution in [0.25, 0.3) is 0 Å². The lowest BCUT2D eigenvalue weighted by Gasteiger charge is -2.33. The van der Waals surface area contributed by atoms with Crippen molar-refractivity contribution in [1.82, 2.24) is 15.7 Å². The molecular weight excluding hydrogens is 556 g/mol. The third-order valence-corrected chi connectivity index (χ3v) is 5.97. The number of imide groups is 1. The summed E-state index contributed by atoms with van der Waals surface area (Å²) < 4.78 is 6.16. The highest BCUT2D eigenvalue weighted by atomic mass is 79.9. The van der Waals surface area contributed by atoms with Gasteiger partial charge in [-0.3, -0.25) is 19.9 Å². The maximum atomic E-state index is 13.7. The standard InChI is InChI=1S/C27H33BrN4O6/c1-27(2,3)37-26(36)32(25(35)21(29)13-17-7-5-4-6-8-17)22(14-18-9-11-19(33)12-10-18)24(34)30-16-20-15-23(28)31-38-20/h4-12,15,20-22,31,33H,13-14,16,29H2,1-3H3,(H,30,34)/t20?,21-,22-/m0/s1. The van der Waals surface area contributed by atoms with Gasteiger partial charge in [0.25, 0.3) is 0 Å². The molecule has 1 heterocycles. The quantitative estimate of drug-likeness (QED) is 0.327. The minimum atomic E-state index is -1.29. The Hall–Kier alpha value is -3.41. The first-order chi connectivity index (χ1) is 17.9. The van der Waals surface area contributed by atoms with Crippen molar-refractivity contribution < 1.29 is 29.1 Å². The van der Waals surface area contributed by atoms with Gasteiger partial charge in [0.05, 0.1) is 12.6 Å². The fourth-order valence-electron chi connectivity index (χ4n) is 3.76. The van der Waals surface area contributed by atoms with Gasteiger partial charge >= 0.3 is 6.09 Å². The first kappa shape index (κ1) is 29.2. The van der Waals surface area contributed by atoms with Crippen LogP contribution >= 0.6 is 15.9 Å². The molecule has 1 aliphatic rings. The second-order valence-corrected chi connectivity index (χ2v) is 10.7. The number of nitrogens with one attached hydrogen (secondary N) is 2. The van der Waals surface area contributed by atoms with Crippen LogP contribution in [0, 0.1) is 0 Å². The van der Waals surface area contributed by atoms with Gasteiger partial charge < -0.3 is 20.9 Å². The van der Waals surface area contributed by atoms with Gasteiger partial charge in [-0.05, 0) is 72.5 Å². The number of carbonyl (C=O) groups excluding carboxylic acids is 3. The van der Waals surface area contributed by atoms with E-state index >= 15 is 0 Å². The van der Waals surface area contributed by atoms with Crippen LogP contribution in [0.1, 0.15) is 31.9 Å². The zero-order chi connectivity index (χ0) is 27.9. The third-order valence-electron chi connectivity index (χ3n) is 5.54. The van der Waals surface area contributed by atoms with E-state index in [0.717, 1.165) is 10.5 Å². The van der Waals surface area contributed by atoms with Gasteiger partial charge in [0.2, 0.25) is 11.8 Å². The molecule has 0 aliphatic carbocycles. The van der Waals surface area contributed by atoms with Crippen LogP contribution in [-0.2, 0) is 32.0 Å². The molecular formula is C27H33BrN4O6. The predicted octanol–water partition coefficient (Wildman–Crippen LogP) is 2.89. The molecule has 0 saturated carbocycles. The Labute approximate surface area is 230 Å². The average molecular weight is 589 g/mol. The van der Waals surface area contributed by atoms with Crippen molar-refractivity contribution in [2.45, 2.75) is 57.4 Å². The highest BCUT2D eigenvalue weighted by Gasteiger charge is 2.40. The summed E-state index contributed by atoms with van der Waals surface area (Å²) >= 11 is 3.26. The number of nitrogens with zero attached hydrogens (tertiary/aromatic N) is 1. The summed E-state index contributed by atoms with van der Waals surface area (Å²) in [5.74, 6) is -1.30. The molecule has 10 nitrogen and oxygen atoms in total. The average Bonchev–Trinajstić information content (AvgIpc) is 3.27. The maximum absolute atomic E-state index is 13.7. The number of benzene rings is 2. The van der Waals surface area contributed by atoms with Crippen LogP contribution in [0.5, 0.6) is 5.75 Å². The molecule has 2 aromatic rings. The molecule has 3 rings (SSSR count). The predicted molar refractivity (Wildman–Crippen MR) is 145 cm³/mol. The highest BCUT2D eigenvalue weighted by Crippen LogP contribution is 2.20. The smallest absolute Gasteiger partial charge is 0.417 e. The lowest BCUT2D eigenvalue weighted by Crippen LogP contribution is -2.59. The largest absolute Gasteiger partial charge is 0.508 e. The molecule has 38 heavy (non-hydrogen) atoms. The van der Waals surface area contributed by atoms with E-state index in [2.05, 4.69) is 26.7 Å². The number of amides is 3. The Balaban J connectivity index is 1.93. The van der Waals surface area contributed by atoms with E-state index in [0.29, 0.717) is 10.2 Å². The Kier molecular flexibility index (Phi) is 9.90. The third kappa shape index (κ3) is 8.57. The van der Waals surface area contributed by atoms with Crippen LogP contribution in [0.3, 0.4) is 0 Å². The van der Waals surface area contributed by atoms with Crippen LogP contribution < -0.4 is 16.5 Å². The van der Waals surface area contributed by atoms with Crippen LogP contribution in [0.4, 0.5) is 4.79 Å². The topological polar surface area (TPSA) is 143 Å². The summed E-state index contributed by atoms with van der Waals surface area (Å²) in [4.78, 5) is 46.8. The SMILES string of the molecule is CC(C)(C)OC(=O)N(C(=O)[C@@H](N)Cc1ccccc1)[C@@H](Cc1ccc(O)cc1)C(=O)NCC1C=C(Br)NO1. The molecule has 0 aromatic heterocycles. The van der Waals surface area contributed by atoms with E-state index in [4.69, 9.17) is 15.3 Å². The zero-order valence-electron chi connectivity index (χ0n) is 21.5. The Morgan fingerprint density at radius 3 is 2.32 bits per heavy atom. The number of hydrogen-bond acceptors (Lipinski definition) is 8. The molecule has 0 spiro atoms. The molecule has 0 fully saturated rings. The molecule has 0 bridgehead atoms. The first-order valence-electron chi connectivity index (χ1n) is 12.1. The summed E-state index contributed by atoms with van der Waals surface area (Å²) in [6, 6.07) is 12.9. The summed E-state index contributed by atoms with van der Waals surface area (Å²) in [5.41, 5.74) is 9.41. The second-order valence-electron chi connectivity index (χ2n) is 9.89. The molecule has 1 unspecified atom stereocenters. The number of phenols is 1. The number of hydroxylamine groups is 1. The molecule has 0 saturated heterocycles. The number of halogens is 1. The molecule has 5 N–H and O–H groups in total. The van der Waals surface area contributed by atoms with Crippen LogP contribution in [0.15, 0.2) is 65.3 Å². The van der Waals surface area contributed by atoms with Gasteiger partial charge in [0.15, 0.2) is 0 Å². The van der Waals surface area contributed by atoms with Crippen molar-refractivity contribution in [3.05, 3.63) is 76.4 Å². The van der Waals surface area contributed by atoms with E-state index in [1.54, 1.807) is 39.0 Å².